The van der Waals surface area contributed by atoms with Crippen molar-refractivity contribution in [2.24, 2.45) is 5.41 Å². The Morgan fingerprint density at radius 3 is 2.79 bits per heavy atom. The molecule has 1 saturated heterocycles. The van der Waals surface area contributed by atoms with Crippen LogP contribution < -0.4 is 4.90 Å². The minimum Gasteiger partial charge on any atom is -0.342 e. The van der Waals surface area contributed by atoms with Crippen LogP contribution in [0.4, 0.5) is 5.95 Å². The van der Waals surface area contributed by atoms with Crippen molar-refractivity contribution in [3.8, 4) is 0 Å². The highest BCUT2D eigenvalue weighted by molar-refractivity contribution is 5.34. The number of nitrogens with zero attached hydrogens (tertiary/aromatic N) is 2. The van der Waals surface area contributed by atoms with E-state index in [2.05, 4.69) is 21.8 Å². The normalized spacial score (nSPS) is 24.2. The molecule has 14 heavy (non-hydrogen) atoms. The van der Waals surface area contributed by atoms with Gasteiger partial charge in [0.05, 0.1) is 0 Å². The predicted molar refractivity (Wildman–Crippen MR) is 56.4 cm³/mol. The highest BCUT2D eigenvalue weighted by Crippen LogP contribution is 2.48. The molecular formula is C11H17N3. The Morgan fingerprint density at radius 1 is 1.43 bits per heavy atom. The molecule has 1 N–H and O–H groups in total. The van der Waals surface area contributed by atoms with Gasteiger partial charge >= 0.3 is 0 Å². The molecule has 0 radical (unpaired) electrons. The monoisotopic (exact) mass is 191 g/mol. The van der Waals surface area contributed by atoms with Crippen molar-refractivity contribution in [2.45, 2.75) is 32.6 Å². The third kappa shape index (κ3) is 1.15. The summed E-state index contributed by atoms with van der Waals surface area (Å²) in [6, 6.07) is 0. The second-order valence-corrected chi connectivity index (χ2v) is 4.91. The van der Waals surface area contributed by atoms with Crippen LogP contribution in [0.1, 0.15) is 31.4 Å². The number of aryl methyl sites for hydroxylation is 1. The summed E-state index contributed by atoms with van der Waals surface area (Å²) in [5.41, 5.74) is 1.83. The van der Waals surface area contributed by atoms with Crippen LogP contribution in [0.15, 0.2) is 6.20 Å². The first-order chi connectivity index (χ1) is 6.77. The van der Waals surface area contributed by atoms with Crippen LogP contribution >= 0.6 is 0 Å². The van der Waals surface area contributed by atoms with Gasteiger partial charge in [-0.3, -0.25) is 0 Å². The molecule has 0 aromatic carbocycles. The van der Waals surface area contributed by atoms with E-state index in [0.717, 1.165) is 11.6 Å². The molecule has 2 fully saturated rings. The third-order valence-electron chi connectivity index (χ3n) is 3.84. The standard InChI is InChI=1S/C11H17N3/c1-9-7-12-10(13-9)14-6-5-11(8-14)3-2-4-11/h7H,2-6,8H2,1H3,(H,12,13). The minimum atomic E-state index is 0.667. The molecule has 0 unspecified atom stereocenters. The van der Waals surface area contributed by atoms with E-state index in [-0.39, 0.29) is 0 Å². The van der Waals surface area contributed by atoms with Gasteiger partial charge in [-0.1, -0.05) is 6.42 Å². The maximum atomic E-state index is 4.39. The summed E-state index contributed by atoms with van der Waals surface area (Å²) in [5, 5.41) is 0. The quantitative estimate of drug-likeness (QED) is 0.737. The molecule has 2 aliphatic rings. The van der Waals surface area contributed by atoms with Crippen molar-refractivity contribution in [3.05, 3.63) is 11.9 Å². The molecular weight excluding hydrogens is 174 g/mol. The smallest absolute Gasteiger partial charge is 0.202 e. The van der Waals surface area contributed by atoms with Crippen LogP contribution in [0.5, 0.6) is 0 Å². The maximum absolute atomic E-state index is 4.39. The molecule has 0 bridgehead atoms. The number of hydrogen-bond acceptors (Lipinski definition) is 2. The zero-order chi connectivity index (χ0) is 9.60. The summed E-state index contributed by atoms with van der Waals surface area (Å²) in [6.07, 6.45) is 7.59. The van der Waals surface area contributed by atoms with Crippen LogP contribution in [0.2, 0.25) is 0 Å². The number of imidazole rings is 1. The van der Waals surface area contributed by atoms with Gasteiger partial charge in [-0.15, -0.1) is 0 Å². The van der Waals surface area contributed by atoms with E-state index in [1.165, 1.54) is 38.8 Å². The summed E-state index contributed by atoms with van der Waals surface area (Å²) in [6.45, 7) is 4.47. The Bertz CT molecular complexity index is 338. The lowest BCUT2D eigenvalue weighted by Crippen LogP contribution is -2.33. The highest BCUT2D eigenvalue weighted by atomic mass is 15.3. The van der Waals surface area contributed by atoms with Gasteiger partial charge in [-0.05, 0) is 31.6 Å². The van der Waals surface area contributed by atoms with Gasteiger partial charge in [-0.2, -0.15) is 0 Å². The van der Waals surface area contributed by atoms with Crippen LogP contribution in [-0.2, 0) is 0 Å². The van der Waals surface area contributed by atoms with Crippen LogP contribution in [-0.4, -0.2) is 23.1 Å². The molecule has 3 nitrogen and oxygen atoms in total. The fourth-order valence-electron chi connectivity index (χ4n) is 2.76. The lowest BCUT2D eigenvalue weighted by Gasteiger charge is -2.37. The first kappa shape index (κ1) is 8.33. The summed E-state index contributed by atoms with van der Waals surface area (Å²) >= 11 is 0. The van der Waals surface area contributed by atoms with E-state index in [9.17, 15) is 0 Å². The van der Waals surface area contributed by atoms with Crippen molar-refractivity contribution < 1.29 is 0 Å². The van der Waals surface area contributed by atoms with Crippen molar-refractivity contribution in [2.75, 3.05) is 18.0 Å². The molecule has 1 saturated carbocycles. The fourth-order valence-corrected chi connectivity index (χ4v) is 2.76. The topological polar surface area (TPSA) is 31.9 Å². The Morgan fingerprint density at radius 2 is 2.29 bits per heavy atom. The predicted octanol–water partition coefficient (Wildman–Crippen LogP) is 2.10. The van der Waals surface area contributed by atoms with E-state index in [0.29, 0.717) is 5.41 Å². The number of nitrogens with one attached hydrogen (secondary N) is 1. The van der Waals surface area contributed by atoms with Gasteiger partial charge in [0, 0.05) is 25.0 Å². The molecule has 3 heteroatoms. The molecule has 2 heterocycles. The lowest BCUT2D eigenvalue weighted by molar-refractivity contribution is 0.165. The lowest BCUT2D eigenvalue weighted by atomic mass is 9.68. The molecule has 1 aromatic rings. The Balaban J connectivity index is 1.76. The van der Waals surface area contributed by atoms with E-state index in [1.807, 2.05) is 6.20 Å². The molecule has 76 valence electrons. The Kier molecular flexibility index (Phi) is 1.64. The number of anilines is 1. The molecule has 0 atom stereocenters. The van der Waals surface area contributed by atoms with Crippen LogP contribution in [0.3, 0.4) is 0 Å². The molecule has 1 aromatic heterocycles. The number of hydrogen-bond donors (Lipinski definition) is 1. The van der Waals surface area contributed by atoms with Gasteiger partial charge < -0.3 is 9.88 Å². The van der Waals surface area contributed by atoms with Crippen molar-refractivity contribution >= 4 is 5.95 Å². The van der Waals surface area contributed by atoms with E-state index >= 15 is 0 Å². The Hall–Kier alpha value is -0.990. The van der Waals surface area contributed by atoms with Gasteiger partial charge in [-0.25, -0.2) is 4.98 Å². The average Bonchev–Trinajstić information content (AvgIpc) is 2.67. The highest BCUT2D eigenvalue weighted by Gasteiger charge is 2.43. The maximum Gasteiger partial charge on any atom is 0.202 e. The summed E-state index contributed by atoms with van der Waals surface area (Å²) < 4.78 is 0. The summed E-state index contributed by atoms with van der Waals surface area (Å²) in [7, 11) is 0. The number of aromatic amines is 1. The number of H-pyrrole nitrogens is 1. The van der Waals surface area contributed by atoms with Gasteiger partial charge in [0.25, 0.3) is 0 Å². The summed E-state index contributed by atoms with van der Waals surface area (Å²) in [4.78, 5) is 10.1. The van der Waals surface area contributed by atoms with Gasteiger partial charge in [0.15, 0.2) is 0 Å². The van der Waals surface area contributed by atoms with Crippen molar-refractivity contribution in [3.63, 3.8) is 0 Å². The van der Waals surface area contributed by atoms with Crippen molar-refractivity contribution in [1.82, 2.24) is 9.97 Å². The molecule has 0 amide bonds. The van der Waals surface area contributed by atoms with E-state index in [4.69, 9.17) is 0 Å². The second kappa shape index (κ2) is 2.75. The third-order valence-corrected chi connectivity index (χ3v) is 3.84. The number of aromatic nitrogens is 2. The van der Waals surface area contributed by atoms with Crippen molar-refractivity contribution in [1.29, 1.82) is 0 Å². The van der Waals surface area contributed by atoms with Crippen LogP contribution in [0.25, 0.3) is 0 Å². The first-order valence-corrected chi connectivity index (χ1v) is 5.54. The first-order valence-electron chi connectivity index (χ1n) is 5.54. The summed E-state index contributed by atoms with van der Waals surface area (Å²) in [5.74, 6) is 1.08. The number of rotatable bonds is 1. The second-order valence-electron chi connectivity index (χ2n) is 4.91. The molecule has 3 rings (SSSR count). The Labute approximate surface area is 84.5 Å². The average molecular weight is 191 g/mol. The van der Waals surface area contributed by atoms with Crippen LogP contribution in [0, 0.1) is 12.3 Å². The van der Waals surface area contributed by atoms with Gasteiger partial charge in [0.1, 0.15) is 0 Å². The molecule has 1 aliphatic heterocycles. The van der Waals surface area contributed by atoms with E-state index < -0.39 is 0 Å². The zero-order valence-corrected chi connectivity index (χ0v) is 8.71. The largest absolute Gasteiger partial charge is 0.342 e. The zero-order valence-electron chi connectivity index (χ0n) is 8.71. The SMILES string of the molecule is Cc1cnc(N2CCC3(CCC3)C2)[nH]1. The fraction of sp³-hybridized carbons (Fsp3) is 0.727. The van der Waals surface area contributed by atoms with E-state index in [1.54, 1.807) is 0 Å². The minimum absolute atomic E-state index is 0.667. The van der Waals surface area contributed by atoms with Gasteiger partial charge in [0.2, 0.25) is 5.95 Å². The molecule has 1 spiro atoms. The molecule has 1 aliphatic carbocycles.